The quantitative estimate of drug-likeness (QED) is 0.799. The van der Waals surface area contributed by atoms with Crippen molar-refractivity contribution in [3.8, 4) is 0 Å². The highest BCUT2D eigenvalue weighted by Gasteiger charge is 2.23. The van der Waals surface area contributed by atoms with Crippen LogP contribution in [0, 0.1) is 12.8 Å². The summed E-state index contributed by atoms with van der Waals surface area (Å²) >= 11 is 1.86. The van der Waals surface area contributed by atoms with Gasteiger partial charge in [0, 0.05) is 11.3 Å². The average Bonchev–Trinajstić information content (AvgIpc) is 2.81. The highest BCUT2D eigenvalue weighted by molar-refractivity contribution is 7.11. The second-order valence-corrected chi connectivity index (χ2v) is 4.97. The fourth-order valence-corrected chi connectivity index (χ4v) is 2.71. The summed E-state index contributed by atoms with van der Waals surface area (Å²) in [4.78, 5) is 5.96. The molecule has 13 heavy (non-hydrogen) atoms. The number of aromatic nitrogens is 1. The summed E-state index contributed by atoms with van der Waals surface area (Å²) in [6.07, 6.45) is 5.01. The summed E-state index contributed by atoms with van der Waals surface area (Å²) < 4.78 is 0. The van der Waals surface area contributed by atoms with Crippen LogP contribution in [0.15, 0.2) is 0 Å². The lowest BCUT2D eigenvalue weighted by Crippen LogP contribution is -2.01. The lowest BCUT2D eigenvalue weighted by molar-refractivity contribution is 0.820. The first-order chi connectivity index (χ1) is 6.29. The fraction of sp³-hybridized carbons (Fsp3) is 0.700. The van der Waals surface area contributed by atoms with Gasteiger partial charge in [-0.25, -0.2) is 4.98 Å². The summed E-state index contributed by atoms with van der Waals surface area (Å²) in [6, 6.07) is 0. The van der Waals surface area contributed by atoms with E-state index in [1.54, 1.807) is 0 Å². The number of aryl methyl sites for hydroxylation is 1. The van der Waals surface area contributed by atoms with Gasteiger partial charge in [0.05, 0.1) is 10.7 Å². The summed E-state index contributed by atoms with van der Waals surface area (Å²) in [5, 5.41) is 1.32. The second-order valence-electron chi connectivity index (χ2n) is 3.80. The van der Waals surface area contributed by atoms with Crippen LogP contribution >= 0.6 is 11.3 Å². The van der Waals surface area contributed by atoms with Gasteiger partial charge < -0.3 is 5.73 Å². The van der Waals surface area contributed by atoms with Gasteiger partial charge >= 0.3 is 0 Å². The second kappa shape index (κ2) is 3.76. The van der Waals surface area contributed by atoms with E-state index in [1.165, 1.54) is 34.8 Å². The van der Waals surface area contributed by atoms with Crippen LogP contribution in [0.25, 0.3) is 0 Å². The molecule has 2 rings (SSSR count). The molecule has 2 N–H and O–H groups in total. The van der Waals surface area contributed by atoms with E-state index in [1.807, 2.05) is 11.3 Å². The van der Waals surface area contributed by atoms with Crippen molar-refractivity contribution in [1.82, 2.24) is 4.98 Å². The molecule has 1 aromatic rings. The standard InChI is InChI=1S/C10H16N2S/c1-7-9(4-5-11)13-10(12-7)6-8-2-3-8/h8H,2-6,11H2,1H3. The third-order valence-corrected chi connectivity index (χ3v) is 3.71. The van der Waals surface area contributed by atoms with E-state index >= 15 is 0 Å². The first-order valence-electron chi connectivity index (χ1n) is 4.95. The molecule has 1 aliphatic rings. The number of hydrogen-bond acceptors (Lipinski definition) is 3. The van der Waals surface area contributed by atoms with Crippen LogP contribution in [-0.2, 0) is 12.8 Å². The molecule has 0 bridgehead atoms. The molecule has 0 radical (unpaired) electrons. The van der Waals surface area contributed by atoms with Crippen LogP contribution in [0.5, 0.6) is 0 Å². The van der Waals surface area contributed by atoms with E-state index in [9.17, 15) is 0 Å². The number of hydrogen-bond donors (Lipinski definition) is 1. The van der Waals surface area contributed by atoms with E-state index in [0.29, 0.717) is 0 Å². The van der Waals surface area contributed by atoms with Gasteiger partial charge in [0.25, 0.3) is 0 Å². The topological polar surface area (TPSA) is 38.9 Å². The third-order valence-electron chi connectivity index (χ3n) is 2.47. The smallest absolute Gasteiger partial charge is 0.0933 e. The molecule has 0 spiro atoms. The Morgan fingerprint density at radius 1 is 1.54 bits per heavy atom. The predicted octanol–water partition coefficient (Wildman–Crippen LogP) is 1.91. The zero-order valence-electron chi connectivity index (χ0n) is 8.05. The first kappa shape index (κ1) is 9.16. The largest absolute Gasteiger partial charge is 0.330 e. The van der Waals surface area contributed by atoms with Crippen LogP contribution in [0.3, 0.4) is 0 Å². The van der Waals surface area contributed by atoms with E-state index < -0.39 is 0 Å². The molecule has 0 saturated heterocycles. The maximum atomic E-state index is 5.53. The normalized spacial score (nSPS) is 16.5. The average molecular weight is 196 g/mol. The molecule has 1 fully saturated rings. The maximum absolute atomic E-state index is 5.53. The molecule has 1 aromatic heterocycles. The molecule has 0 aromatic carbocycles. The van der Waals surface area contributed by atoms with Gasteiger partial charge in [0.15, 0.2) is 0 Å². The van der Waals surface area contributed by atoms with Gasteiger partial charge in [-0.2, -0.15) is 0 Å². The van der Waals surface area contributed by atoms with Crippen molar-refractivity contribution >= 4 is 11.3 Å². The Kier molecular flexibility index (Phi) is 2.65. The van der Waals surface area contributed by atoms with Crippen molar-refractivity contribution in [2.75, 3.05) is 6.54 Å². The highest BCUT2D eigenvalue weighted by atomic mass is 32.1. The van der Waals surface area contributed by atoms with Crippen LogP contribution in [0.4, 0.5) is 0 Å². The summed E-state index contributed by atoms with van der Waals surface area (Å²) in [6.45, 7) is 2.84. The molecule has 0 aliphatic heterocycles. The van der Waals surface area contributed by atoms with Crippen LogP contribution < -0.4 is 5.73 Å². The molecule has 1 aliphatic carbocycles. The Morgan fingerprint density at radius 2 is 2.31 bits per heavy atom. The van der Waals surface area contributed by atoms with E-state index in [4.69, 9.17) is 5.73 Å². The molecule has 72 valence electrons. The van der Waals surface area contributed by atoms with Gasteiger partial charge in [0.1, 0.15) is 0 Å². The number of thiazole rings is 1. The monoisotopic (exact) mass is 196 g/mol. The lowest BCUT2D eigenvalue weighted by atomic mass is 10.3. The molecule has 0 atom stereocenters. The SMILES string of the molecule is Cc1nc(CC2CC2)sc1CCN. The molecule has 0 amide bonds. The number of nitrogens with zero attached hydrogens (tertiary/aromatic N) is 1. The van der Waals surface area contributed by atoms with E-state index in [0.717, 1.165) is 18.9 Å². The minimum atomic E-state index is 0.742. The van der Waals surface area contributed by atoms with Crippen molar-refractivity contribution in [1.29, 1.82) is 0 Å². The first-order valence-corrected chi connectivity index (χ1v) is 5.76. The molecular formula is C10H16N2S. The maximum Gasteiger partial charge on any atom is 0.0933 e. The Morgan fingerprint density at radius 3 is 2.92 bits per heavy atom. The van der Waals surface area contributed by atoms with Crippen molar-refractivity contribution in [3.05, 3.63) is 15.6 Å². The van der Waals surface area contributed by atoms with Crippen LogP contribution in [0.1, 0.15) is 28.4 Å². The molecule has 3 heteroatoms. The Hall–Kier alpha value is -0.410. The zero-order chi connectivity index (χ0) is 9.26. The lowest BCUT2D eigenvalue weighted by Gasteiger charge is -1.91. The summed E-state index contributed by atoms with van der Waals surface area (Å²) in [7, 11) is 0. The van der Waals surface area contributed by atoms with Crippen LogP contribution in [-0.4, -0.2) is 11.5 Å². The fourth-order valence-electron chi connectivity index (χ4n) is 1.51. The number of nitrogens with two attached hydrogens (primary N) is 1. The van der Waals surface area contributed by atoms with Gasteiger partial charge in [-0.05, 0) is 38.6 Å². The molecule has 0 unspecified atom stereocenters. The van der Waals surface area contributed by atoms with Crippen molar-refractivity contribution < 1.29 is 0 Å². The Balaban J connectivity index is 2.04. The van der Waals surface area contributed by atoms with Crippen molar-refractivity contribution in [2.24, 2.45) is 11.7 Å². The van der Waals surface area contributed by atoms with Gasteiger partial charge in [-0.3, -0.25) is 0 Å². The predicted molar refractivity (Wildman–Crippen MR) is 56.0 cm³/mol. The number of rotatable bonds is 4. The van der Waals surface area contributed by atoms with Crippen LogP contribution in [0.2, 0.25) is 0 Å². The van der Waals surface area contributed by atoms with E-state index in [-0.39, 0.29) is 0 Å². The van der Waals surface area contributed by atoms with Gasteiger partial charge in [0.2, 0.25) is 0 Å². The Labute approximate surface area is 83.2 Å². The van der Waals surface area contributed by atoms with Crippen molar-refractivity contribution in [3.63, 3.8) is 0 Å². The molecule has 1 heterocycles. The van der Waals surface area contributed by atoms with Gasteiger partial charge in [-0.15, -0.1) is 11.3 Å². The Bertz CT molecular complexity index is 289. The minimum Gasteiger partial charge on any atom is -0.330 e. The third kappa shape index (κ3) is 2.29. The summed E-state index contributed by atoms with van der Waals surface area (Å²) in [5.41, 5.74) is 6.73. The highest BCUT2D eigenvalue weighted by Crippen LogP contribution is 2.34. The molecule has 2 nitrogen and oxygen atoms in total. The molecular weight excluding hydrogens is 180 g/mol. The van der Waals surface area contributed by atoms with Crippen molar-refractivity contribution in [2.45, 2.75) is 32.6 Å². The molecule has 1 saturated carbocycles. The summed E-state index contributed by atoms with van der Waals surface area (Å²) in [5.74, 6) is 0.941. The van der Waals surface area contributed by atoms with Gasteiger partial charge in [-0.1, -0.05) is 0 Å². The van der Waals surface area contributed by atoms with E-state index in [2.05, 4.69) is 11.9 Å². The zero-order valence-corrected chi connectivity index (χ0v) is 8.86. The minimum absolute atomic E-state index is 0.742.